The normalized spacial score (nSPS) is 31.4. The van der Waals surface area contributed by atoms with Crippen LogP contribution in [0.4, 0.5) is 5.69 Å². The van der Waals surface area contributed by atoms with Gasteiger partial charge >= 0.3 is 0 Å². The Balaban J connectivity index is 2.29. The van der Waals surface area contributed by atoms with E-state index in [1.54, 1.807) is 0 Å². The molecule has 0 saturated heterocycles. The lowest BCUT2D eigenvalue weighted by Gasteiger charge is -2.29. The van der Waals surface area contributed by atoms with Gasteiger partial charge in [0.15, 0.2) is 5.41 Å². The van der Waals surface area contributed by atoms with Crippen LogP contribution in [0.3, 0.4) is 0 Å². The first-order chi connectivity index (χ1) is 11.8. The van der Waals surface area contributed by atoms with Gasteiger partial charge in [0.1, 0.15) is 11.3 Å². The van der Waals surface area contributed by atoms with Crippen LogP contribution in [0.25, 0.3) is 0 Å². The number of nitro benzene ring substituents is 1. The van der Waals surface area contributed by atoms with Crippen LogP contribution in [-0.4, -0.2) is 30.9 Å². The zero-order valence-electron chi connectivity index (χ0n) is 13.2. The van der Waals surface area contributed by atoms with Gasteiger partial charge in [-0.1, -0.05) is 11.6 Å². The van der Waals surface area contributed by atoms with E-state index in [2.05, 4.69) is 11.1 Å². The van der Waals surface area contributed by atoms with Crippen molar-refractivity contribution in [3.05, 3.63) is 38.9 Å². The second-order valence-electron chi connectivity index (χ2n) is 5.72. The number of rotatable bonds is 4. The van der Waals surface area contributed by atoms with Gasteiger partial charge in [-0.25, -0.2) is 4.99 Å². The van der Waals surface area contributed by atoms with Crippen LogP contribution in [0.2, 0.25) is 5.02 Å². The number of halogens is 1. The monoisotopic (exact) mass is 361 g/mol. The molecule has 1 aliphatic carbocycles. The molecule has 25 heavy (non-hydrogen) atoms. The third kappa shape index (κ3) is 1.65. The Hall–Kier alpha value is -2.72. The van der Waals surface area contributed by atoms with Crippen molar-refractivity contribution in [3.63, 3.8) is 0 Å². The second kappa shape index (κ2) is 5.14. The molecule has 2 aliphatic rings. The van der Waals surface area contributed by atoms with Gasteiger partial charge in [-0.15, -0.1) is 0 Å². The predicted octanol–water partition coefficient (Wildman–Crippen LogP) is 1.68. The molecule has 3 atom stereocenters. The summed E-state index contributed by atoms with van der Waals surface area (Å²) >= 11 is 6.21. The van der Waals surface area contributed by atoms with E-state index in [4.69, 9.17) is 26.8 Å². The fourth-order valence-corrected chi connectivity index (χ4v) is 4.08. The Morgan fingerprint density at radius 2 is 2.00 bits per heavy atom. The number of methoxy groups -OCH3 is 2. The highest BCUT2D eigenvalue weighted by atomic mass is 35.5. The van der Waals surface area contributed by atoms with Crippen LogP contribution >= 0.6 is 11.6 Å². The van der Waals surface area contributed by atoms with Gasteiger partial charge < -0.3 is 15.2 Å². The molecule has 0 aromatic heterocycles. The van der Waals surface area contributed by atoms with E-state index in [1.807, 2.05) is 6.07 Å². The zero-order chi connectivity index (χ0) is 18.6. The highest BCUT2D eigenvalue weighted by molar-refractivity contribution is 6.31. The van der Waals surface area contributed by atoms with Crippen LogP contribution in [0.15, 0.2) is 23.2 Å². The number of ether oxygens (including phenoxy) is 2. The summed E-state index contributed by atoms with van der Waals surface area (Å²) in [5.41, 5.74) is 2.83. The fourth-order valence-electron chi connectivity index (χ4n) is 3.85. The van der Waals surface area contributed by atoms with Gasteiger partial charge in [0, 0.05) is 37.3 Å². The molecule has 1 aromatic carbocycles. The number of amidine groups is 1. The van der Waals surface area contributed by atoms with E-state index in [-0.39, 0.29) is 22.1 Å². The van der Waals surface area contributed by atoms with E-state index in [9.17, 15) is 20.6 Å². The molecule has 9 nitrogen and oxygen atoms in total. The van der Waals surface area contributed by atoms with Crippen LogP contribution < -0.4 is 5.73 Å². The second-order valence-corrected chi connectivity index (χ2v) is 6.13. The number of hydrogen-bond donors (Lipinski definition) is 1. The molecular formula is C15H12ClN5O4. The molecule has 10 heteroatoms. The van der Waals surface area contributed by atoms with E-state index >= 15 is 0 Å². The molecule has 1 aromatic rings. The number of nitriles is 2. The van der Waals surface area contributed by atoms with Crippen LogP contribution in [0, 0.1) is 43.6 Å². The molecule has 0 unspecified atom stereocenters. The van der Waals surface area contributed by atoms with Gasteiger partial charge in [-0.2, -0.15) is 10.5 Å². The average Bonchev–Trinajstić information content (AvgIpc) is 3.17. The summed E-state index contributed by atoms with van der Waals surface area (Å²) in [4.78, 5) is 14.6. The van der Waals surface area contributed by atoms with E-state index in [1.165, 1.54) is 32.4 Å². The predicted molar refractivity (Wildman–Crippen MR) is 85.3 cm³/mol. The third-order valence-corrected chi connectivity index (χ3v) is 5.33. The quantitative estimate of drug-likeness (QED) is 0.487. The Kier molecular flexibility index (Phi) is 3.52. The molecule has 2 N–H and O–H groups in total. The van der Waals surface area contributed by atoms with Crippen molar-refractivity contribution >= 4 is 23.1 Å². The van der Waals surface area contributed by atoms with Crippen LogP contribution in [0.5, 0.6) is 0 Å². The third-order valence-electron chi connectivity index (χ3n) is 4.98. The first-order valence-corrected chi connectivity index (χ1v) is 7.42. The lowest BCUT2D eigenvalue weighted by molar-refractivity contribution is -0.384. The van der Waals surface area contributed by atoms with E-state index in [0.29, 0.717) is 0 Å². The maximum atomic E-state index is 11.1. The van der Waals surface area contributed by atoms with E-state index in [0.717, 1.165) is 0 Å². The first kappa shape index (κ1) is 17.1. The summed E-state index contributed by atoms with van der Waals surface area (Å²) in [6, 6.07) is 7.90. The summed E-state index contributed by atoms with van der Waals surface area (Å²) in [5.74, 6) is -2.83. The maximum absolute atomic E-state index is 11.1. The van der Waals surface area contributed by atoms with Gasteiger partial charge in [0.05, 0.1) is 17.1 Å². The van der Waals surface area contributed by atoms with Crippen LogP contribution in [-0.2, 0) is 9.47 Å². The van der Waals surface area contributed by atoms with Crippen molar-refractivity contribution in [2.75, 3.05) is 14.2 Å². The minimum absolute atomic E-state index is 0.132. The number of hydrogen-bond acceptors (Lipinski definition) is 8. The van der Waals surface area contributed by atoms with Gasteiger partial charge in [-0.3, -0.25) is 10.1 Å². The highest BCUT2D eigenvalue weighted by Crippen LogP contribution is 2.82. The minimum atomic E-state index is -1.81. The highest BCUT2D eigenvalue weighted by Gasteiger charge is 2.93. The molecule has 128 valence electrons. The number of benzene rings is 1. The molecule has 0 radical (unpaired) electrons. The lowest BCUT2D eigenvalue weighted by atomic mass is 9.93. The Morgan fingerprint density at radius 1 is 1.36 bits per heavy atom. The number of non-ortho nitro benzene ring substituents is 1. The molecule has 0 bridgehead atoms. The fraction of sp³-hybridized carbons (Fsp3) is 0.400. The van der Waals surface area contributed by atoms with Gasteiger partial charge in [0.25, 0.3) is 11.6 Å². The summed E-state index contributed by atoms with van der Waals surface area (Å²) < 4.78 is 10.6. The Morgan fingerprint density at radius 3 is 2.48 bits per heavy atom. The number of nitrogens with zero attached hydrogens (tertiary/aromatic N) is 4. The van der Waals surface area contributed by atoms with Crippen molar-refractivity contribution in [1.29, 1.82) is 10.5 Å². The smallest absolute Gasteiger partial charge is 0.292 e. The SMILES string of the molecule is COC1(OC)N=C(N)[C@]2(C#N)[C@@H](c3cc([N+](=O)[O-])ccc3Cl)[C@]12C#N. The Labute approximate surface area is 147 Å². The number of nitrogens with two attached hydrogens (primary N) is 1. The van der Waals surface area contributed by atoms with Gasteiger partial charge in [0.2, 0.25) is 0 Å². The molecule has 0 amide bonds. The molecule has 1 fully saturated rings. The molecule has 1 heterocycles. The lowest BCUT2D eigenvalue weighted by Crippen LogP contribution is -2.41. The van der Waals surface area contributed by atoms with Gasteiger partial charge in [-0.05, 0) is 11.6 Å². The molecular weight excluding hydrogens is 350 g/mol. The topological polar surface area (TPSA) is 148 Å². The number of nitro groups is 1. The summed E-state index contributed by atoms with van der Waals surface area (Å²) in [6.45, 7) is 0. The van der Waals surface area contributed by atoms with Crippen molar-refractivity contribution in [1.82, 2.24) is 0 Å². The Bertz CT molecular complexity index is 900. The number of fused-ring (bicyclic) bond motifs is 1. The number of aliphatic imine (C=N–C) groups is 1. The molecule has 1 saturated carbocycles. The standard InChI is InChI=1S/C15H12ClN5O4/c1-24-15(25-2)14(7-18)11(13(14,6-17)12(19)20-15)9-5-8(21(22)23)3-4-10(9)16/h3-5,11H,1-2H3,(H2,19,20)/t11-,13+,14+/m1/s1. The summed E-state index contributed by atoms with van der Waals surface area (Å²) in [7, 11) is 2.55. The minimum Gasteiger partial charge on any atom is -0.386 e. The summed E-state index contributed by atoms with van der Waals surface area (Å²) in [6.07, 6.45) is 0. The van der Waals surface area contributed by atoms with Crippen molar-refractivity contribution < 1.29 is 14.4 Å². The molecule has 0 spiro atoms. The maximum Gasteiger partial charge on any atom is 0.292 e. The average molecular weight is 362 g/mol. The van der Waals surface area contributed by atoms with Crippen LogP contribution in [0.1, 0.15) is 11.5 Å². The van der Waals surface area contributed by atoms with Crippen molar-refractivity contribution in [2.45, 2.75) is 11.8 Å². The van der Waals surface area contributed by atoms with E-state index < -0.39 is 27.6 Å². The molecule has 1 aliphatic heterocycles. The molecule has 3 rings (SSSR count). The van der Waals surface area contributed by atoms with Crippen molar-refractivity contribution in [3.8, 4) is 12.1 Å². The summed E-state index contributed by atoms with van der Waals surface area (Å²) in [5, 5.41) is 31.0. The first-order valence-electron chi connectivity index (χ1n) is 7.04. The van der Waals surface area contributed by atoms with Crippen molar-refractivity contribution in [2.24, 2.45) is 21.6 Å². The largest absolute Gasteiger partial charge is 0.386 e. The zero-order valence-corrected chi connectivity index (χ0v) is 13.9.